The smallest absolute Gasteiger partial charge is 0.290 e. The highest BCUT2D eigenvalue weighted by Crippen LogP contribution is 2.31. The predicted octanol–water partition coefficient (Wildman–Crippen LogP) is 3.46. The number of benzene rings is 1. The van der Waals surface area contributed by atoms with Crippen LogP contribution in [-0.2, 0) is 9.59 Å². The molecule has 0 radical (unpaired) electrons. The van der Waals surface area contributed by atoms with Gasteiger partial charge in [0.2, 0.25) is 5.91 Å². The Bertz CT molecular complexity index is 1340. The van der Waals surface area contributed by atoms with E-state index < -0.39 is 0 Å². The molecule has 2 fully saturated rings. The molecular weight excluding hydrogens is 450 g/mol. The maximum atomic E-state index is 11.9. The number of aromatic nitrogens is 2. The monoisotopic (exact) mass is 471 g/mol. The Labute approximate surface area is 200 Å². The van der Waals surface area contributed by atoms with Gasteiger partial charge in [-0.25, -0.2) is 4.98 Å². The van der Waals surface area contributed by atoms with E-state index in [1.165, 1.54) is 6.08 Å². The van der Waals surface area contributed by atoms with Gasteiger partial charge in [-0.3, -0.25) is 24.7 Å². The molecule has 2 aliphatic heterocycles. The van der Waals surface area contributed by atoms with Crippen LogP contribution in [0, 0.1) is 0 Å². The molecule has 0 spiro atoms. The fraction of sp³-hybridized carbons (Fsp3) is 0.160. The first kappa shape index (κ1) is 21.8. The molecule has 9 heteroatoms. The van der Waals surface area contributed by atoms with E-state index in [1.54, 1.807) is 17.2 Å². The normalized spacial score (nSPS) is 17.4. The van der Waals surface area contributed by atoms with Crippen molar-refractivity contribution in [2.45, 2.75) is 0 Å². The van der Waals surface area contributed by atoms with Crippen LogP contribution in [0.5, 0.6) is 0 Å². The van der Waals surface area contributed by atoms with Crippen molar-refractivity contribution in [3.05, 3.63) is 71.9 Å². The van der Waals surface area contributed by atoms with Crippen molar-refractivity contribution in [2.24, 2.45) is 0 Å². The standard InChI is InChI=1S/C25H21N5O3S/c1-2-23(31)30-11-9-29(10-12-30)22-6-4-17(15-27-22)18-7-8-26-20-5-3-16(13-19(18)20)14-21-24(32)28-25(33)34-21/h2-8,13-15H,1,9-12H2,(H,28,32,33)/b21-14-. The number of pyridine rings is 2. The zero-order chi connectivity index (χ0) is 23.7. The summed E-state index contributed by atoms with van der Waals surface area (Å²) in [5.74, 6) is 0.449. The first-order valence-corrected chi connectivity index (χ1v) is 11.6. The molecule has 170 valence electrons. The van der Waals surface area contributed by atoms with Crippen LogP contribution in [0.1, 0.15) is 5.56 Å². The summed E-state index contributed by atoms with van der Waals surface area (Å²) < 4.78 is 0. The molecule has 3 amide bonds. The van der Waals surface area contributed by atoms with Gasteiger partial charge in [0.1, 0.15) is 5.82 Å². The van der Waals surface area contributed by atoms with Gasteiger partial charge in [0.25, 0.3) is 11.1 Å². The Kier molecular flexibility index (Phi) is 5.85. The minimum absolute atomic E-state index is 0.0405. The predicted molar refractivity (Wildman–Crippen MR) is 133 cm³/mol. The lowest BCUT2D eigenvalue weighted by molar-refractivity contribution is -0.126. The number of hydrogen-bond donors (Lipinski definition) is 1. The number of amides is 3. The Morgan fingerprint density at radius 1 is 1.06 bits per heavy atom. The zero-order valence-corrected chi connectivity index (χ0v) is 19.0. The van der Waals surface area contributed by atoms with E-state index >= 15 is 0 Å². The first-order chi connectivity index (χ1) is 16.5. The third-order valence-corrected chi connectivity index (χ3v) is 6.66. The summed E-state index contributed by atoms with van der Waals surface area (Å²) in [5.41, 5.74) is 3.56. The van der Waals surface area contributed by atoms with Crippen molar-refractivity contribution in [2.75, 3.05) is 31.1 Å². The van der Waals surface area contributed by atoms with Crippen molar-refractivity contribution in [3.63, 3.8) is 0 Å². The van der Waals surface area contributed by atoms with Gasteiger partial charge in [-0.05, 0) is 65.4 Å². The molecule has 5 rings (SSSR count). The van der Waals surface area contributed by atoms with E-state index in [2.05, 4.69) is 26.8 Å². The summed E-state index contributed by atoms with van der Waals surface area (Å²) in [6.45, 7) is 6.27. The van der Waals surface area contributed by atoms with Crippen LogP contribution >= 0.6 is 11.8 Å². The highest BCUT2D eigenvalue weighted by atomic mass is 32.2. The molecule has 34 heavy (non-hydrogen) atoms. The average Bonchev–Trinajstić information content (AvgIpc) is 3.19. The van der Waals surface area contributed by atoms with E-state index in [4.69, 9.17) is 0 Å². The number of hydrogen-bond acceptors (Lipinski definition) is 7. The fourth-order valence-corrected chi connectivity index (χ4v) is 4.78. The minimum atomic E-state index is -0.379. The van der Waals surface area contributed by atoms with Crippen molar-refractivity contribution < 1.29 is 14.4 Å². The average molecular weight is 472 g/mol. The van der Waals surface area contributed by atoms with Crippen molar-refractivity contribution in [1.29, 1.82) is 0 Å². The molecule has 4 heterocycles. The molecule has 8 nitrogen and oxygen atoms in total. The molecular formula is C25H21N5O3S. The number of nitrogens with one attached hydrogen (secondary N) is 1. The van der Waals surface area contributed by atoms with Crippen LogP contribution in [0.3, 0.4) is 0 Å². The highest BCUT2D eigenvalue weighted by Gasteiger charge is 2.25. The van der Waals surface area contributed by atoms with Gasteiger partial charge < -0.3 is 9.80 Å². The van der Waals surface area contributed by atoms with E-state index in [0.29, 0.717) is 18.0 Å². The van der Waals surface area contributed by atoms with Crippen LogP contribution in [0.15, 0.2) is 66.4 Å². The molecule has 2 aromatic heterocycles. The van der Waals surface area contributed by atoms with Gasteiger partial charge in [-0.1, -0.05) is 12.6 Å². The Morgan fingerprint density at radius 3 is 2.56 bits per heavy atom. The SMILES string of the molecule is C=CC(=O)N1CCN(c2ccc(-c3ccnc4ccc(/C=C5\SC(=O)NC5=O)cc34)cn2)CC1. The first-order valence-electron chi connectivity index (χ1n) is 10.8. The summed E-state index contributed by atoms with van der Waals surface area (Å²) in [6.07, 6.45) is 6.66. The maximum absolute atomic E-state index is 11.9. The molecule has 2 saturated heterocycles. The third kappa shape index (κ3) is 4.29. The van der Waals surface area contributed by atoms with Crippen LogP contribution in [-0.4, -0.2) is 58.1 Å². The largest absolute Gasteiger partial charge is 0.353 e. The third-order valence-electron chi connectivity index (χ3n) is 5.85. The van der Waals surface area contributed by atoms with Gasteiger partial charge >= 0.3 is 0 Å². The molecule has 1 N–H and O–H groups in total. The lowest BCUT2D eigenvalue weighted by Crippen LogP contribution is -2.48. The Hall–Kier alpha value is -3.98. The summed E-state index contributed by atoms with van der Waals surface area (Å²) in [5, 5.41) is 2.84. The fourth-order valence-electron chi connectivity index (χ4n) is 4.10. The van der Waals surface area contributed by atoms with E-state index in [9.17, 15) is 14.4 Å². The molecule has 2 aliphatic rings. The lowest BCUT2D eigenvalue weighted by Gasteiger charge is -2.34. The quantitative estimate of drug-likeness (QED) is 0.582. The van der Waals surface area contributed by atoms with Crippen LogP contribution in [0.4, 0.5) is 10.6 Å². The molecule has 0 unspecified atom stereocenters. The molecule has 0 saturated carbocycles. The van der Waals surface area contributed by atoms with Gasteiger partial charge in [0.15, 0.2) is 0 Å². The van der Waals surface area contributed by atoms with Gasteiger partial charge in [0.05, 0.1) is 10.4 Å². The van der Waals surface area contributed by atoms with Crippen molar-refractivity contribution in [1.82, 2.24) is 20.2 Å². The number of carbonyl (C=O) groups excluding carboxylic acids is 3. The number of piperazine rings is 1. The second-order valence-electron chi connectivity index (χ2n) is 7.91. The summed E-state index contributed by atoms with van der Waals surface area (Å²) >= 11 is 0.897. The van der Waals surface area contributed by atoms with Gasteiger partial charge in [-0.15, -0.1) is 0 Å². The lowest BCUT2D eigenvalue weighted by atomic mass is 10.0. The zero-order valence-electron chi connectivity index (χ0n) is 18.2. The number of fused-ring (bicyclic) bond motifs is 1. The van der Waals surface area contributed by atoms with Gasteiger partial charge in [-0.2, -0.15) is 0 Å². The van der Waals surface area contributed by atoms with E-state index in [1.807, 2.05) is 42.6 Å². The summed E-state index contributed by atoms with van der Waals surface area (Å²) in [7, 11) is 0. The number of anilines is 1. The van der Waals surface area contributed by atoms with E-state index in [-0.39, 0.29) is 17.1 Å². The van der Waals surface area contributed by atoms with Crippen LogP contribution in [0.25, 0.3) is 28.1 Å². The number of thioether (sulfide) groups is 1. The van der Waals surface area contributed by atoms with Gasteiger partial charge in [0, 0.05) is 49.5 Å². The number of nitrogens with zero attached hydrogens (tertiary/aromatic N) is 4. The van der Waals surface area contributed by atoms with Crippen LogP contribution < -0.4 is 10.2 Å². The summed E-state index contributed by atoms with van der Waals surface area (Å²) in [4.78, 5) is 48.6. The van der Waals surface area contributed by atoms with Crippen LogP contribution in [0.2, 0.25) is 0 Å². The maximum Gasteiger partial charge on any atom is 0.290 e. The minimum Gasteiger partial charge on any atom is -0.353 e. The topological polar surface area (TPSA) is 95.5 Å². The molecule has 3 aromatic rings. The second kappa shape index (κ2) is 9.11. The molecule has 1 aromatic carbocycles. The second-order valence-corrected chi connectivity index (χ2v) is 8.92. The van der Waals surface area contributed by atoms with E-state index in [0.717, 1.165) is 58.3 Å². The molecule has 0 bridgehead atoms. The molecule has 0 atom stereocenters. The number of imide groups is 1. The number of rotatable bonds is 4. The van der Waals surface area contributed by atoms with Crippen molar-refractivity contribution >= 4 is 51.6 Å². The summed E-state index contributed by atoms with van der Waals surface area (Å²) in [6, 6.07) is 11.7. The highest BCUT2D eigenvalue weighted by molar-refractivity contribution is 8.18. The Balaban J connectivity index is 1.40. The van der Waals surface area contributed by atoms with Crippen molar-refractivity contribution in [3.8, 4) is 11.1 Å². The Morgan fingerprint density at radius 2 is 1.88 bits per heavy atom. The number of carbonyl (C=O) groups is 3. The molecule has 0 aliphatic carbocycles.